The van der Waals surface area contributed by atoms with Gasteiger partial charge in [-0.1, -0.05) is 11.6 Å². The summed E-state index contributed by atoms with van der Waals surface area (Å²) in [5.41, 5.74) is 6.41. The molecule has 76 valence electrons. The van der Waals surface area contributed by atoms with Gasteiger partial charge in [0.25, 0.3) is 5.91 Å². The number of benzene rings is 1. The summed E-state index contributed by atoms with van der Waals surface area (Å²) in [7, 11) is 0. The van der Waals surface area contributed by atoms with Gasteiger partial charge >= 0.3 is 0 Å². The van der Waals surface area contributed by atoms with Crippen LogP contribution in [0, 0.1) is 0 Å². The van der Waals surface area contributed by atoms with Gasteiger partial charge in [0.15, 0.2) is 0 Å². The number of rotatable bonds is 1. The highest BCUT2D eigenvalue weighted by Crippen LogP contribution is 2.25. The van der Waals surface area contributed by atoms with Crippen LogP contribution < -0.4 is 5.73 Å². The van der Waals surface area contributed by atoms with Gasteiger partial charge in [-0.2, -0.15) is 0 Å². The summed E-state index contributed by atoms with van der Waals surface area (Å²) in [5, 5.41) is 0.551. The van der Waals surface area contributed by atoms with Gasteiger partial charge in [-0.15, -0.1) is 0 Å². The number of nitrogens with zero attached hydrogens (tertiary/aromatic N) is 2. The van der Waals surface area contributed by atoms with Gasteiger partial charge in [-0.25, -0.2) is 4.98 Å². The Bertz CT molecular complexity index is 558. The zero-order valence-electron chi connectivity index (χ0n) is 7.37. The van der Waals surface area contributed by atoms with Crippen molar-refractivity contribution in [2.75, 3.05) is 0 Å². The molecule has 0 bridgehead atoms. The van der Waals surface area contributed by atoms with Gasteiger partial charge < -0.3 is 5.73 Å². The van der Waals surface area contributed by atoms with Gasteiger partial charge in [0.1, 0.15) is 11.2 Å². The fourth-order valence-corrected chi connectivity index (χ4v) is 2.04. The average molecular weight is 287 g/mol. The Morgan fingerprint density at radius 3 is 2.87 bits per heavy atom. The molecule has 0 atom stereocenters. The van der Waals surface area contributed by atoms with Gasteiger partial charge in [0.05, 0.1) is 11.7 Å². The van der Waals surface area contributed by atoms with Crippen molar-refractivity contribution in [3.63, 3.8) is 0 Å². The zero-order chi connectivity index (χ0) is 11.0. The first-order valence-corrected chi connectivity index (χ1v) is 5.16. The highest BCUT2D eigenvalue weighted by molar-refractivity contribution is 9.10. The summed E-state index contributed by atoms with van der Waals surface area (Å²) in [4.78, 5) is 19.0. The van der Waals surface area contributed by atoms with Crippen molar-refractivity contribution in [1.82, 2.24) is 9.97 Å². The Hall–Kier alpha value is -1.20. The lowest BCUT2D eigenvalue weighted by Gasteiger charge is -2.01. The molecule has 1 aromatic heterocycles. The molecule has 4 nitrogen and oxygen atoms in total. The molecule has 0 spiro atoms. The van der Waals surface area contributed by atoms with Crippen LogP contribution in [-0.4, -0.2) is 15.9 Å². The van der Waals surface area contributed by atoms with Crippen molar-refractivity contribution in [2.24, 2.45) is 5.73 Å². The van der Waals surface area contributed by atoms with Crippen molar-refractivity contribution in [3.8, 4) is 0 Å². The molecule has 0 aliphatic heterocycles. The molecule has 2 rings (SSSR count). The topological polar surface area (TPSA) is 68.9 Å². The van der Waals surface area contributed by atoms with Crippen LogP contribution in [0.4, 0.5) is 0 Å². The van der Waals surface area contributed by atoms with Crippen LogP contribution in [0.25, 0.3) is 11.0 Å². The molecule has 0 unspecified atom stereocenters. The highest BCUT2D eigenvalue weighted by Gasteiger charge is 2.08. The fourth-order valence-electron chi connectivity index (χ4n) is 1.16. The number of hydrogen-bond donors (Lipinski definition) is 1. The third kappa shape index (κ3) is 1.93. The molecule has 1 aromatic carbocycles. The second kappa shape index (κ2) is 3.75. The first-order valence-electron chi connectivity index (χ1n) is 3.99. The maximum atomic E-state index is 10.9. The van der Waals surface area contributed by atoms with E-state index >= 15 is 0 Å². The molecule has 2 N–H and O–H groups in total. The first kappa shape index (κ1) is 10.3. The molecule has 15 heavy (non-hydrogen) atoms. The molecule has 1 heterocycles. The molecule has 0 aliphatic rings. The summed E-state index contributed by atoms with van der Waals surface area (Å²) in [5.74, 6) is -0.605. The fraction of sp³-hybridized carbons (Fsp3) is 0. The zero-order valence-corrected chi connectivity index (χ0v) is 9.71. The minimum Gasteiger partial charge on any atom is -0.364 e. The number of fused-ring (bicyclic) bond motifs is 1. The van der Waals surface area contributed by atoms with Crippen LogP contribution in [0.15, 0.2) is 22.8 Å². The minimum atomic E-state index is -0.605. The Labute approximate surface area is 98.6 Å². The van der Waals surface area contributed by atoms with E-state index in [2.05, 4.69) is 25.9 Å². The van der Waals surface area contributed by atoms with E-state index in [9.17, 15) is 4.79 Å². The van der Waals surface area contributed by atoms with E-state index in [-0.39, 0.29) is 5.69 Å². The smallest absolute Gasteiger partial charge is 0.268 e. The lowest BCUT2D eigenvalue weighted by atomic mass is 10.3. The largest absolute Gasteiger partial charge is 0.364 e. The van der Waals surface area contributed by atoms with E-state index in [4.69, 9.17) is 17.3 Å². The molecule has 6 heteroatoms. The van der Waals surface area contributed by atoms with Crippen LogP contribution in [0.5, 0.6) is 0 Å². The van der Waals surface area contributed by atoms with Crippen LogP contribution in [0.3, 0.4) is 0 Å². The number of carbonyl (C=O) groups excluding carboxylic acids is 1. The maximum absolute atomic E-state index is 10.9. The summed E-state index contributed by atoms with van der Waals surface area (Å²) in [6, 6.07) is 3.35. The monoisotopic (exact) mass is 285 g/mol. The minimum absolute atomic E-state index is 0.130. The van der Waals surface area contributed by atoms with Crippen molar-refractivity contribution >= 4 is 44.5 Å². The average Bonchev–Trinajstić information content (AvgIpc) is 2.16. The number of carbonyl (C=O) groups is 1. The molecule has 2 aromatic rings. The van der Waals surface area contributed by atoms with Crippen molar-refractivity contribution in [2.45, 2.75) is 0 Å². The van der Waals surface area contributed by atoms with Gasteiger partial charge in [0, 0.05) is 9.50 Å². The van der Waals surface area contributed by atoms with Crippen molar-refractivity contribution < 1.29 is 4.79 Å². The van der Waals surface area contributed by atoms with Crippen LogP contribution in [0.1, 0.15) is 10.5 Å². The Balaban J connectivity index is 2.76. The second-order valence-electron chi connectivity index (χ2n) is 2.87. The van der Waals surface area contributed by atoms with E-state index in [1.54, 1.807) is 12.1 Å². The molecule has 0 saturated heterocycles. The van der Waals surface area contributed by atoms with Crippen LogP contribution in [-0.2, 0) is 0 Å². The van der Waals surface area contributed by atoms with Gasteiger partial charge in [-0.05, 0) is 28.1 Å². The number of amides is 1. The van der Waals surface area contributed by atoms with Crippen molar-refractivity contribution in [3.05, 3.63) is 33.5 Å². The summed E-state index contributed by atoms with van der Waals surface area (Å²) < 4.78 is 0.681. The quantitative estimate of drug-likeness (QED) is 0.873. The predicted molar refractivity (Wildman–Crippen MR) is 60.8 cm³/mol. The number of nitrogens with two attached hydrogens (primary N) is 1. The first-order chi connectivity index (χ1) is 7.08. The number of halogens is 2. The van der Waals surface area contributed by atoms with Crippen LogP contribution in [0.2, 0.25) is 5.02 Å². The van der Waals surface area contributed by atoms with E-state index < -0.39 is 5.91 Å². The second-order valence-corrected chi connectivity index (χ2v) is 4.17. The molecule has 0 radical (unpaired) electrons. The third-order valence-corrected chi connectivity index (χ3v) is 2.64. The van der Waals surface area contributed by atoms with E-state index in [1.165, 1.54) is 6.20 Å². The third-order valence-electron chi connectivity index (χ3n) is 1.82. The van der Waals surface area contributed by atoms with E-state index in [1.807, 2.05) is 0 Å². The molecule has 0 fully saturated rings. The van der Waals surface area contributed by atoms with E-state index in [0.29, 0.717) is 20.5 Å². The van der Waals surface area contributed by atoms with Gasteiger partial charge in [0.2, 0.25) is 0 Å². The predicted octanol–water partition coefficient (Wildman–Crippen LogP) is 2.14. The Morgan fingerprint density at radius 1 is 1.47 bits per heavy atom. The Morgan fingerprint density at radius 2 is 2.20 bits per heavy atom. The summed E-state index contributed by atoms with van der Waals surface area (Å²) in [6.07, 6.45) is 1.33. The Kier molecular flexibility index (Phi) is 2.58. The number of aromatic nitrogens is 2. The summed E-state index contributed by atoms with van der Waals surface area (Å²) in [6.45, 7) is 0. The lowest BCUT2D eigenvalue weighted by Crippen LogP contribution is -2.13. The van der Waals surface area contributed by atoms with Gasteiger partial charge in [-0.3, -0.25) is 9.78 Å². The maximum Gasteiger partial charge on any atom is 0.268 e. The molecule has 0 saturated carbocycles. The standard InChI is InChI=1S/C9H5BrClN3O/c10-5-1-4(11)2-6-8(5)14-7(3-13-6)9(12)15/h1-3H,(H2,12,15). The lowest BCUT2D eigenvalue weighted by molar-refractivity contribution is 0.0995. The van der Waals surface area contributed by atoms with Crippen LogP contribution >= 0.6 is 27.5 Å². The normalized spacial score (nSPS) is 10.5. The number of primary amides is 1. The molecule has 1 amide bonds. The van der Waals surface area contributed by atoms with E-state index in [0.717, 1.165) is 0 Å². The van der Waals surface area contributed by atoms with Crippen molar-refractivity contribution in [1.29, 1.82) is 0 Å². The molecular weight excluding hydrogens is 281 g/mol. The highest BCUT2D eigenvalue weighted by atomic mass is 79.9. The molecular formula is C9H5BrClN3O. The number of hydrogen-bond acceptors (Lipinski definition) is 3. The summed E-state index contributed by atoms with van der Waals surface area (Å²) >= 11 is 9.13. The SMILES string of the molecule is NC(=O)c1cnc2cc(Cl)cc(Br)c2n1. The molecule has 0 aliphatic carbocycles.